The Balaban J connectivity index is 1.53. The smallest absolute Gasteiger partial charge is 0.293 e. The minimum atomic E-state index is -0.434. The fourth-order valence-electron chi connectivity index (χ4n) is 3.60. The summed E-state index contributed by atoms with van der Waals surface area (Å²) < 4.78 is 5.13. The van der Waals surface area contributed by atoms with Crippen LogP contribution >= 0.6 is 0 Å². The third-order valence-electron chi connectivity index (χ3n) is 5.22. The quantitative estimate of drug-likeness (QED) is 0.341. The molecule has 158 valence electrons. The highest BCUT2D eigenvalue weighted by Crippen LogP contribution is 2.31. The molecule has 0 atom stereocenters. The Morgan fingerprint density at radius 2 is 1.71 bits per heavy atom. The van der Waals surface area contributed by atoms with E-state index in [0.717, 1.165) is 0 Å². The summed E-state index contributed by atoms with van der Waals surface area (Å²) >= 11 is 0. The van der Waals surface area contributed by atoms with Crippen LogP contribution in [0.1, 0.15) is 15.9 Å². The lowest BCUT2D eigenvalue weighted by Crippen LogP contribution is -2.47. The predicted octanol–water partition coefficient (Wildman–Crippen LogP) is 2.95. The van der Waals surface area contributed by atoms with Gasteiger partial charge in [-0.1, -0.05) is 30.3 Å². The van der Waals surface area contributed by atoms with Gasteiger partial charge < -0.3 is 14.5 Å². The van der Waals surface area contributed by atoms with Gasteiger partial charge in [0.15, 0.2) is 11.6 Å². The van der Waals surface area contributed by atoms with E-state index in [1.54, 1.807) is 48.8 Å². The Morgan fingerprint density at radius 3 is 2.39 bits per heavy atom. The van der Waals surface area contributed by atoms with E-state index in [-0.39, 0.29) is 11.5 Å². The molecule has 4 rings (SSSR count). The number of aromatic nitrogens is 2. The maximum absolute atomic E-state index is 12.7. The number of ketones is 1. The molecule has 9 nitrogen and oxygen atoms in total. The van der Waals surface area contributed by atoms with Gasteiger partial charge in [-0.15, -0.1) is 0 Å². The van der Waals surface area contributed by atoms with Crippen molar-refractivity contribution in [3.63, 3.8) is 0 Å². The van der Waals surface area contributed by atoms with E-state index in [4.69, 9.17) is 4.74 Å². The summed E-state index contributed by atoms with van der Waals surface area (Å²) in [5.41, 5.74) is 1.23. The zero-order chi connectivity index (χ0) is 21.8. The molecule has 2 heterocycles. The molecule has 1 saturated heterocycles. The van der Waals surface area contributed by atoms with Gasteiger partial charge in [-0.05, 0) is 12.1 Å². The average Bonchev–Trinajstić information content (AvgIpc) is 2.84. The number of nitrogens with zero attached hydrogens (tertiary/aromatic N) is 5. The maximum Gasteiger partial charge on any atom is 0.293 e. The van der Waals surface area contributed by atoms with Crippen LogP contribution in [-0.2, 0) is 0 Å². The molecule has 1 aliphatic rings. The fraction of sp³-hybridized carbons (Fsp3) is 0.227. The van der Waals surface area contributed by atoms with Gasteiger partial charge in [-0.3, -0.25) is 19.9 Å². The van der Waals surface area contributed by atoms with E-state index in [0.29, 0.717) is 54.7 Å². The lowest BCUT2D eigenvalue weighted by Gasteiger charge is -2.36. The molecule has 0 unspecified atom stereocenters. The Kier molecular flexibility index (Phi) is 5.74. The van der Waals surface area contributed by atoms with Gasteiger partial charge in [-0.2, -0.15) is 4.98 Å². The van der Waals surface area contributed by atoms with Crippen molar-refractivity contribution in [1.82, 2.24) is 9.97 Å². The van der Waals surface area contributed by atoms with Crippen LogP contribution in [0.2, 0.25) is 0 Å². The SMILES string of the molecule is COc1cncc(N2CCN(c3ccc(C(=O)c4ccccc4)cc3[N+](=O)[O-])CC2)n1. The summed E-state index contributed by atoms with van der Waals surface area (Å²) in [6, 6.07) is 13.4. The normalized spacial score (nSPS) is 13.7. The number of rotatable bonds is 6. The summed E-state index contributed by atoms with van der Waals surface area (Å²) in [6.07, 6.45) is 3.21. The number of benzene rings is 2. The number of carbonyl (C=O) groups excluding carboxylic acids is 1. The number of methoxy groups -OCH3 is 1. The summed E-state index contributed by atoms with van der Waals surface area (Å²) in [4.78, 5) is 36.6. The Hall–Kier alpha value is -4.01. The van der Waals surface area contributed by atoms with Crippen LogP contribution < -0.4 is 14.5 Å². The van der Waals surface area contributed by atoms with Crippen LogP contribution in [0.15, 0.2) is 60.9 Å². The molecule has 3 aromatic rings. The number of carbonyl (C=O) groups is 1. The number of anilines is 2. The van der Waals surface area contributed by atoms with Crippen LogP contribution in [0.25, 0.3) is 0 Å². The van der Waals surface area contributed by atoms with Gasteiger partial charge in [0.25, 0.3) is 5.69 Å². The third-order valence-corrected chi connectivity index (χ3v) is 5.22. The van der Waals surface area contributed by atoms with Crippen LogP contribution in [0.4, 0.5) is 17.2 Å². The van der Waals surface area contributed by atoms with Crippen molar-refractivity contribution in [2.24, 2.45) is 0 Å². The van der Waals surface area contributed by atoms with E-state index >= 15 is 0 Å². The number of hydrogen-bond acceptors (Lipinski definition) is 8. The van der Waals surface area contributed by atoms with E-state index in [1.165, 1.54) is 13.2 Å². The topological polar surface area (TPSA) is 102 Å². The Labute approximate surface area is 179 Å². The summed E-state index contributed by atoms with van der Waals surface area (Å²) in [5.74, 6) is 0.906. The molecular formula is C22H21N5O4. The van der Waals surface area contributed by atoms with E-state index < -0.39 is 4.92 Å². The molecule has 9 heteroatoms. The first-order chi connectivity index (χ1) is 15.1. The molecule has 0 amide bonds. The predicted molar refractivity (Wildman–Crippen MR) is 116 cm³/mol. The van der Waals surface area contributed by atoms with Crippen molar-refractivity contribution in [1.29, 1.82) is 0 Å². The second kappa shape index (κ2) is 8.78. The standard InChI is InChI=1S/C22H21N5O4/c1-31-21-15-23-14-20(24-21)26-11-9-25(10-12-26)18-8-7-17(13-19(18)27(29)30)22(28)16-5-3-2-4-6-16/h2-8,13-15H,9-12H2,1H3. The minimum Gasteiger partial charge on any atom is -0.480 e. The van der Waals surface area contributed by atoms with Crippen LogP contribution in [0.5, 0.6) is 5.88 Å². The number of nitro groups is 1. The van der Waals surface area contributed by atoms with Crippen LogP contribution in [0.3, 0.4) is 0 Å². The van der Waals surface area contributed by atoms with Gasteiger partial charge >= 0.3 is 0 Å². The number of hydrogen-bond donors (Lipinski definition) is 0. The van der Waals surface area contributed by atoms with Gasteiger partial charge in [0.2, 0.25) is 5.88 Å². The number of piperazine rings is 1. The molecule has 31 heavy (non-hydrogen) atoms. The molecule has 1 aromatic heterocycles. The zero-order valence-corrected chi connectivity index (χ0v) is 17.0. The average molecular weight is 419 g/mol. The van der Waals surface area contributed by atoms with E-state index in [1.807, 2.05) is 11.0 Å². The molecule has 0 bridgehead atoms. The van der Waals surface area contributed by atoms with Crippen molar-refractivity contribution in [2.75, 3.05) is 43.1 Å². The lowest BCUT2D eigenvalue weighted by molar-refractivity contribution is -0.384. The molecule has 0 saturated carbocycles. The summed E-state index contributed by atoms with van der Waals surface area (Å²) in [6.45, 7) is 2.41. The molecule has 0 N–H and O–H groups in total. The summed E-state index contributed by atoms with van der Waals surface area (Å²) in [5, 5.41) is 11.8. The van der Waals surface area contributed by atoms with Gasteiger partial charge in [-0.25, -0.2) is 0 Å². The second-order valence-electron chi connectivity index (χ2n) is 7.05. The zero-order valence-electron chi connectivity index (χ0n) is 17.0. The molecule has 0 spiro atoms. The number of nitro benzene ring substituents is 1. The van der Waals surface area contributed by atoms with Gasteiger partial charge in [0.1, 0.15) is 5.69 Å². The van der Waals surface area contributed by atoms with Gasteiger partial charge in [0, 0.05) is 43.4 Å². The molecule has 0 radical (unpaired) electrons. The minimum absolute atomic E-state index is 0.0728. The van der Waals surface area contributed by atoms with Crippen LogP contribution in [0, 0.1) is 10.1 Å². The van der Waals surface area contributed by atoms with Crippen LogP contribution in [-0.4, -0.2) is 54.0 Å². The monoisotopic (exact) mass is 419 g/mol. The maximum atomic E-state index is 12.7. The molecule has 0 aliphatic carbocycles. The third kappa shape index (κ3) is 4.30. The highest BCUT2D eigenvalue weighted by atomic mass is 16.6. The largest absolute Gasteiger partial charge is 0.480 e. The van der Waals surface area contributed by atoms with Crippen molar-refractivity contribution in [3.8, 4) is 5.88 Å². The molecule has 2 aromatic carbocycles. The molecule has 1 aliphatic heterocycles. The first kappa shape index (κ1) is 20.3. The van der Waals surface area contributed by atoms with Crippen molar-refractivity contribution in [2.45, 2.75) is 0 Å². The fourth-order valence-corrected chi connectivity index (χ4v) is 3.60. The molecule has 1 fully saturated rings. The lowest BCUT2D eigenvalue weighted by atomic mass is 10.0. The van der Waals surface area contributed by atoms with E-state index in [2.05, 4.69) is 14.9 Å². The Morgan fingerprint density at radius 1 is 1.00 bits per heavy atom. The van der Waals surface area contributed by atoms with Crippen molar-refractivity contribution < 1.29 is 14.5 Å². The second-order valence-corrected chi connectivity index (χ2v) is 7.05. The summed E-state index contributed by atoms with van der Waals surface area (Å²) in [7, 11) is 1.54. The van der Waals surface area contributed by atoms with Crippen molar-refractivity contribution in [3.05, 3.63) is 82.2 Å². The number of ether oxygens (including phenoxy) is 1. The van der Waals surface area contributed by atoms with Crippen molar-refractivity contribution >= 4 is 23.0 Å². The first-order valence-corrected chi connectivity index (χ1v) is 9.81. The molecular weight excluding hydrogens is 398 g/mol. The highest BCUT2D eigenvalue weighted by Gasteiger charge is 2.26. The van der Waals surface area contributed by atoms with E-state index in [9.17, 15) is 14.9 Å². The van der Waals surface area contributed by atoms with Gasteiger partial charge in [0.05, 0.1) is 24.4 Å². The Bertz CT molecular complexity index is 1100. The first-order valence-electron chi connectivity index (χ1n) is 9.81. The highest BCUT2D eigenvalue weighted by molar-refractivity contribution is 6.09.